The number of alkyl halides is 3. The number of methoxy groups -OCH3 is 2. The number of halogens is 5. The van der Waals surface area contributed by atoms with Gasteiger partial charge in [-0.3, -0.25) is 9.59 Å². The predicted molar refractivity (Wildman–Crippen MR) is 218 cm³/mol. The first-order valence-electron chi connectivity index (χ1n) is 19.2. The third kappa shape index (κ3) is 11.8. The third-order valence-electron chi connectivity index (χ3n) is 9.87. The van der Waals surface area contributed by atoms with Crippen LogP contribution < -0.4 is 42.3 Å². The van der Waals surface area contributed by atoms with Crippen LogP contribution in [0.2, 0.25) is 0 Å². The Hall–Kier alpha value is -6.74. The fraction of sp³-hybridized carbons (Fsp3) is 0.341. The maximum Gasteiger partial charge on any atom is 0.490 e. The van der Waals surface area contributed by atoms with Crippen molar-refractivity contribution in [2.24, 2.45) is 0 Å². The monoisotopic (exact) mass is 872 g/mol. The Labute approximate surface area is 350 Å². The Kier molecular flexibility index (Phi) is 15.5. The van der Waals surface area contributed by atoms with Crippen LogP contribution in [0.1, 0.15) is 43.3 Å². The summed E-state index contributed by atoms with van der Waals surface area (Å²) < 4.78 is 72.9. The summed E-state index contributed by atoms with van der Waals surface area (Å²) in [5.41, 5.74) is 6.89. The number of nitrogens with one attached hydrogen (secondary N) is 3. The van der Waals surface area contributed by atoms with Gasteiger partial charge in [0.2, 0.25) is 0 Å². The highest BCUT2D eigenvalue weighted by Gasteiger charge is 2.38. The molecule has 4 heterocycles. The molecule has 2 aliphatic rings. The molecule has 0 saturated carbocycles. The molecular weight excluding hydrogens is 827 g/mol. The first-order chi connectivity index (χ1) is 29.5. The van der Waals surface area contributed by atoms with Crippen LogP contribution in [0, 0.1) is 11.6 Å². The highest BCUT2D eigenvalue weighted by molar-refractivity contribution is 5.73. The van der Waals surface area contributed by atoms with E-state index in [0.717, 1.165) is 50.4 Å². The standard InChI is InChI=1S/C24H27FN4O4.C15H17FN4O2.C2HF3O2/c1-32-18-7-5-15(22(11-18)33-2)12-27-23-24(31)29(17-4-3-9-26-13-17)14-20(28-23)19-10-16(25)6-8-21(19)30;16-9-3-4-13(21)11(6-9)12-8-20(15(22)14(17)19-12)10-2-1-5-18-7-10;3-2(4,5)1(6)7/h5-8,10-11,14,17,26,30H,3-4,9,12-13H2,1-2H3,(H,27,28);3-4,6,8,10,18,21H,1-2,5,7H2,(H2,17,19);(H,6,7). The molecule has 8 N–H and O–H groups in total. The van der Waals surface area contributed by atoms with Crippen LogP contribution in [0.4, 0.5) is 33.6 Å². The number of phenols is 2. The second-order valence-corrected chi connectivity index (χ2v) is 14.1. The number of nitrogens with two attached hydrogens (primary N) is 1. The van der Waals surface area contributed by atoms with Gasteiger partial charge in [-0.15, -0.1) is 0 Å². The van der Waals surface area contributed by atoms with E-state index < -0.39 is 23.8 Å². The summed E-state index contributed by atoms with van der Waals surface area (Å²) in [6.07, 6.45) is 1.62. The summed E-state index contributed by atoms with van der Waals surface area (Å²) >= 11 is 0. The topological polar surface area (TPSA) is 228 Å². The molecule has 7 rings (SSSR count). The number of carbonyl (C=O) groups is 1. The number of ether oxygens (including phenoxy) is 2. The number of aromatic hydroxyl groups is 2. The molecule has 2 aromatic heterocycles. The molecule has 62 heavy (non-hydrogen) atoms. The molecule has 2 aliphatic heterocycles. The number of aliphatic carboxylic acids is 1. The number of hydrogen-bond acceptors (Lipinski definition) is 13. The second kappa shape index (κ2) is 20.7. The lowest BCUT2D eigenvalue weighted by molar-refractivity contribution is -0.192. The lowest BCUT2D eigenvalue weighted by Crippen LogP contribution is -2.37. The molecule has 0 bridgehead atoms. The predicted octanol–water partition coefficient (Wildman–Crippen LogP) is 5.20. The average Bonchev–Trinajstić information content (AvgIpc) is 3.26. The van der Waals surface area contributed by atoms with E-state index in [4.69, 9.17) is 25.1 Å². The Morgan fingerprint density at radius 1 is 0.823 bits per heavy atom. The zero-order valence-corrected chi connectivity index (χ0v) is 33.5. The van der Waals surface area contributed by atoms with Crippen molar-refractivity contribution in [3.63, 3.8) is 0 Å². The molecule has 0 radical (unpaired) electrons. The Morgan fingerprint density at radius 2 is 1.34 bits per heavy atom. The lowest BCUT2D eigenvalue weighted by Gasteiger charge is -2.26. The van der Waals surface area contributed by atoms with Crippen molar-refractivity contribution in [1.82, 2.24) is 29.7 Å². The Bertz CT molecular complexity index is 2470. The molecule has 0 spiro atoms. The summed E-state index contributed by atoms with van der Waals surface area (Å²) in [6, 6.07) is 12.6. The van der Waals surface area contributed by atoms with Crippen LogP contribution in [-0.4, -0.2) is 87.0 Å². The van der Waals surface area contributed by atoms with Gasteiger partial charge in [-0.1, -0.05) is 0 Å². The number of aromatic nitrogens is 4. The van der Waals surface area contributed by atoms with Gasteiger partial charge in [-0.05, 0) is 87.3 Å². The molecule has 16 nitrogen and oxygen atoms in total. The number of nitrogen functional groups attached to an aromatic ring is 1. The van der Waals surface area contributed by atoms with Crippen molar-refractivity contribution in [3.8, 4) is 45.5 Å². The molecule has 0 aliphatic carbocycles. The van der Waals surface area contributed by atoms with Gasteiger partial charge in [-0.25, -0.2) is 23.5 Å². The van der Waals surface area contributed by atoms with Gasteiger partial charge in [0.1, 0.15) is 34.6 Å². The summed E-state index contributed by atoms with van der Waals surface area (Å²) in [4.78, 5) is 42.9. The first kappa shape index (κ1) is 46.3. The SMILES string of the molecule is COc1ccc(CNc2nc(-c3cc(F)ccc3O)cn(C3CCCNC3)c2=O)c(OC)c1.Nc1nc(-c2cc(F)ccc2O)cn(C2CCCNC2)c1=O.O=C(O)C(F)(F)F. The van der Waals surface area contributed by atoms with Crippen molar-refractivity contribution < 1.29 is 51.5 Å². The molecule has 332 valence electrons. The van der Waals surface area contributed by atoms with Gasteiger partial charge in [0.25, 0.3) is 11.1 Å². The Balaban J connectivity index is 0.000000215. The van der Waals surface area contributed by atoms with Gasteiger partial charge in [0, 0.05) is 66.9 Å². The number of rotatable bonds is 9. The van der Waals surface area contributed by atoms with E-state index in [1.54, 1.807) is 37.1 Å². The smallest absolute Gasteiger partial charge is 0.490 e. The number of nitrogens with zero attached hydrogens (tertiary/aromatic N) is 4. The number of anilines is 2. The fourth-order valence-electron chi connectivity index (χ4n) is 6.70. The number of carboxylic acid groups (broad SMARTS) is 1. The van der Waals surface area contributed by atoms with E-state index in [2.05, 4.69) is 25.9 Å². The minimum atomic E-state index is -5.08. The van der Waals surface area contributed by atoms with Crippen LogP contribution in [0.15, 0.2) is 76.6 Å². The molecule has 2 fully saturated rings. The van der Waals surface area contributed by atoms with Crippen LogP contribution in [0.25, 0.3) is 22.5 Å². The summed E-state index contributed by atoms with van der Waals surface area (Å²) in [5.74, 6) is -2.76. The van der Waals surface area contributed by atoms with Crippen molar-refractivity contribution in [2.45, 2.75) is 50.5 Å². The normalized spacial score (nSPS) is 16.2. The summed E-state index contributed by atoms with van der Waals surface area (Å²) in [6.45, 7) is 3.40. The number of carboxylic acids is 1. The number of piperidine rings is 2. The highest BCUT2D eigenvalue weighted by atomic mass is 19.4. The molecule has 0 amide bonds. The van der Waals surface area contributed by atoms with Crippen molar-refractivity contribution in [2.75, 3.05) is 51.4 Å². The van der Waals surface area contributed by atoms with Crippen LogP contribution >= 0.6 is 0 Å². The van der Waals surface area contributed by atoms with E-state index in [1.165, 1.54) is 41.1 Å². The van der Waals surface area contributed by atoms with Gasteiger partial charge < -0.3 is 55.6 Å². The van der Waals surface area contributed by atoms with Crippen LogP contribution in [0.3, 0.4) is 0 Å². The van der Waals surface area contributed by atoms with Gasteiger partial charge in [-0.2, -0.15) is 13.2 Å². The molecule has 3 aromatic carbocycles. The fourth-order valence-corrected chi connectivity index (χ4v) is 6.70. The molecular formula is C41H45F5N8O8. The number of benzene rings is 3. The van der Waals surface area contributed by atoms with Crippen molar-refractivity contribution in [3.05, 3.63) is 105 Å². The third-order valence-corrected chi connectivity index (χ3v) is 9.87. The van der Waals surface area contributed by atoms with Crippen LogP contribution in [0.5, 0.6) is 23.0 Å². The Morgan fingerprint density at radius 3 is 1.81 bits per heavy atom. The van der Waals surface area contributed by atoms with Crippen LogP contribution in [-0.2, 0) is 11.3 Å². The minimum absolute atomic E-state index is 0.0268. The summed E-state index contributed by atoms with van der Waals surface area (Å²) in [7, 11) is 3.14. The van der Waals surface area contributed by atoms with Gasteiger partial charge in [0.15, 0.2) is 11.6 Å². The molecule has 21 heteroatoms. The largest absolute Gasteiger partial charge is 0.507 e. The van der Waals surface area contributed by atoms with Crippen molar-refractivity contribution in [1.29, 1.82) is 0 Å². The summed E-state index contributed by atoms with van der Waals surface area (Å²) in [5, 5.41) is 37.0. The van der Waals surface area contributed by atoms with E-state index in [9.17, 15) is 41.8 Å². The van der Waals surface area contributed by atoms with Crippen molar-refractivity contribution >= 4 is 17.6 Å². The maximum atomic E-state index is 13.9. The molecule has 5 aromatic rings. The zero-order valence-electron chi connectivity index (χ0n) is 33.5. The average molecular weight is 873 g/mol. The first-order valence-corrected chi connectivity index (χ1v) is 19.2. The number of hydrogen-bond donors (Lipinski definition) is 7. The van der Waals surface area contributed by atoms with E-state index >= 15 is 0 Å². The number of phenolic OH excluding ortho intramolecular Hbond substituents is 2. The van der Waals surface area contributed by atoms with E-state index in [-0.39, 0.29) is 69.7 Å². The van der Waals surface area contributed by atoms with E-state index in [1.807, 2.05) is 6.07 Å². The molecule has 2 unspecified atom stereocenters. The zero-order chi connectivity index (χ0) is 45.1. The van der Waals surface area contributed by atoms with Gasteiger partial charge in [0.05, 0.1) is 25.6 Å². The molecule has 2 saturated heterocycles. The maximum absolute atomic E-state index is 13.9. The highest BCUT2D eigenvalue weighted by Crippen LogP contribution is 2.31. The lowest BCUT2D eigenvalue weighted by atomic mass is 10.1. The molecule has 2 atom stereocenters. The minimum Gasteiger partial charge on any atom is -0.507 e. The second-order valence-electron chi connectivity index (χ2n) is 14.1. The van der Waals surface area contributed by atoms with E-state index in [0.29, 0.717) is 30.3 Å². The van der Waals surface area contributed by atoms with Gasteiger partial charge >= 0.3 is 12.1 Å². The quantitative estimate of drug-likeness (QED) is 0.0945.